The van der Waals surface area contributed by atoms with Gasteiger partial charge in [0, 0.05) is 20.4 Å². The number of hydrogen-bond donors (Lipinski definition) is 2. The molecule has 0 bridgehead atoms. The van der Waals surface area contributed by atoms with Crippen LogP contribution in [0.4, 0.5) is 11.8 Å². The Labute approximate surface area is 96.6 Å². The van der Waals surface area contributed by atoms with Crippen LogP contribution in [0.3, 0.4) is 0 Å². The van der Waals surface area contributed by atoms with Crippen LogP contribution in [0.1, 0.15) is 13.8 Å². The van der Waals surface area contributed by atoms with E-state index in [1.54, 1.807) is 20.4 Å². The number of anilines is 2. The lowest BCUT2D eigenvalue weighted by molar-refractivity contribution is 0.171. The van der Waals surface area contributed by atoms with Crippen LogP contribution in [-0.2, 0) is 4.74 Å². The summed E-state index contributed by atoms with van der Waals surface area (Å²) < 4.78 is 5.17. The van der Waals surface area contributed by atoms with Crippen molar-refractivity contribution in [1.82, 2.24) is 9.97 Å². The first kappa shape index (κ1) is 12.7. The third kappa shape index (κ3) is 3.66. The number of hydrogen-bond acceptors (Lipinski definition) is 5. The number of ether oxygens (including phenoxy) is 1. The normalized spacial score (nSPS) is 12.6. The van der Waals surface area contributed by atoms with E-state index in [1.165, 1.54) is 0 Å². The molecule has 0 saturated heterocycles. The lowest BCUT2D eigenvalue weighted by atomic mass is 10.1. The molecule has 0 radical (unpaired) electrons. The summed E-state index contributed by atoms with van der Waals surface area (Å²) in [6, 6.07) is 2.11. The zero-order valence-electron chi connectivity index (χ0n) is 10.3. The minimum Gasteiger partial charge on any atom is -0.383 e. The SMILES string of the molecule is CNc1nccc(NC(COC)C(C)C)n1. The summed E-state index contributed by atoms with van der Waals surface area (Å²) in [6.07, 6.45) is 1.73. The van der Waals surface area contributed by atoms with E-state index in [9.17, 15) is 0 Å². The zero-order chi connectivity index (χ0) is 12.0. The van der Waals surface area contributed by atoms with Crippen molar-refractivity contribution in [3.63, 3.8) is 0 Å². The molecule has 90 valence electrons. The maximum atomic E-state index is 5.17. The summed E-state index contributed by atoms with van der Waals surface area (Å²) >= 11 is 0. The molecule has 1 aromatic heterocycles. The zero-order valence-corrected chi connectivity index (χ0v) is 10.3. The standard InChI is InChI=1S/C11H20N4O/c1-8(2)9(7-16-4)14-10-5-6-13-11(12-3)15-10/h5-6,8-9H,7H2,1-4H3,(H2,12,13,14,15). The molecule has 1 heterocycles. The summed E-state index contributed by atoms with van der Waals surface area (Å²) in [7, 11) is 3.50. The monoisotopic (exact) mass is 224 g/mol. The van der Waals surface area contributed by atoms with Gasteiger partial charge in [-0.15, -0.1) is 0 Å². The second-order valence-electron chi connectivity index (χ2n) is 3.97. The highest BCUT2D eigenvalue weighted by atomic mass is 16.5. The van der Waals surface area contributed by atoms with Crippen LogP contribution >= 0.6 is 0 Å². The second kappa shape index (κ2) is 6.27. The maximum Gasteiger partial charge on any atom is 0.224 e. The van der Waals surface area contributed by atoms with E-state index in [4.69, 9.17) is 4.74 Å². The Kier molecular flexibility index (Phi) is 4.98. The van der Waals surface area contributed by atoms with Gasteiger partial charge in [0.05, 0.1) is 12.6 Å². The highest BCUT2D eigenvalue weighted by Gasteiger charge is 2.13. The van der Waals surface area contributed by atoms with Crippen molar-refractivity contribution in [2.75, 3.05) is 31.4 Å². The molecule has 16 heavy (non-hydrogen) atoms. The fourth-order valence-corrected chi connectivity index (χ4v) is 1.33. The molecule has 0 aliphatic heterocycles. The highest BCUT2D eigenvalue weighted by molar-refractivity contribution is 5.40. The quantitative estimate of drug-likeness (QED) is 0.768. The molecule has 0 fully saturated rings. The Balaban J connectivity index is 2.68. The van der Waals surface area contributed by atoms with Crippen LogP contribution in [0.5, 0.6) is 0 Å². The van der Waals surface area contributed by atoms with Gasteiger partial charge in [0.15, 0.2) is 0 Å². The fourth-order valence-electron chi connectivity index (χ4n) is 1.33. The average molecular weight is 224 g/mol. The van der Waals surface area contributed by atoms with Crippen molar-refractivity contribution < 1.29 is 4.74 Å². The molecular formula is C11H20N4O. The van der Waals surface area contributed by atoms with Gasteiger partial charge < -0.3 is 15.4 Å². The van der Waals surface area contributed by atoms with Gasteiger partial charge in [-0.1, -0.05) is 13.8 Å². The Morgan fingerprint density at radius 1 is 1.44 bits per heavy atom. The number of nitrogens with zero attached hydrogens (tertiary/aromatic N) is 2. The van der Waals surface area contributed by atoms with E-state index in [1.807, 2.05) is 6.07 Å². The van der Waals surface area contributed by atoms with Crippen molar-refractivity contribution in [3.8, 4) is 0 Å². The van der Waals surface area contributed by atoms with Gasteiger partial charge in [-0.25, -0.2) is 4.98 Å². The third-order valence-corrected chi connectivity index (χ3v) is 2.36. The van der Waals surface area contributed by atoms with Crippen LogP contribution in [0, 0.1) is 5.92 Å². The molecular weight excluding hydrogens is 204 g/mol. The number of aromatic nitrogens is 2. The van der Waals surface area contributed by atoms with Gasteiger partial charge in [0.1, 0.15) is 5.82 Å². The first-order valence-electron chi connectivity index (χ1n) is 5.43. The molecule has 1 atom stereocenters. The van der Waals surface area contributed by atoms with Gasteiger partial charge in [0.2, 0.25) is 5.95 Å². The van der Waals surface area contributed by atoms with E-state index in [0.717, 1.165) is 5.82 Å². The van der Waals surface area contributed by atoms with Crippen molar-refractivity contribution in [2.24, 2.45) is 5.92 Å². The Hall–Kier alpha value is -1.36. The van der Waals surface area contributed by atoms with Crippen LogP contribution in [0.15, 0.2) is 12.3 Å². The maximum absolute atomic E-state index is 5.17. The smallest absolute Gasteiger partial charge is 0.224 e. The first-order chi connectivity index (χ1) is 7.67. The predicted molar refractivity (Wildman–Crippen MR) is 65.7 cm³/mol. The summed E-state index contributed by atoms with van der Waals surface area (Å²) in [5.74, 6) is 1.91. The van der Waals surface area contributed by atoms with E-state index < -0.39 is 0 Å². The van der Waals surface area contributed by atoms with E-state index in [0.29, 0.717) is 18.5 Å². The second-order valence-corrected chi connectivity index (χ2v) is 3.97. The van der Waals surface area contributed by atoms with Crippen molar-refractivity contribution in [1.29, 1.82) is 0 Å². The summed E-state index contributed by atoms with van der Waals surface area (Å²) in [4.78, 5) is 8.37. The molecule has 1 aromatic rings. The fraction of sp³-hybridized carbons (Fsp3) is 0.636. The predicted octanol–water partition coefficient (Wildman–Crippen LogP) is 1.60. The van der Waals surface area contributed by atoms with E-state index in [-0.39, 0.29) is 6.04 Å². The molecule has 5 heteroatoms. The van der Waals surface area contributed by atoms with Crippen LogP contribution in [0.25, 0.3) is 0 Å². The molecule has 1 unspecified atom stereocenters. The molecule has 0 amide bonds. The van der Waals surface area contributed by atoms with Gasteiger partial charge in [-0.05, 0) is 12.0 Å². The summed E-state index contributed by atoms with van der Waals surface area (Å²) in [5.41, 5.74) is 0. The van der Waals surface area contributed by atoms with Gasteiger partial charge >= 0.3 is 0 Å². The molecule has 2 N–H and O–H groups in total. The van der Waals surface area contributed by atoms with Crippen LogP contribution in [0.2, 0.25) is 0 Å². The van der Waals surface area contributed by atoms with E-state index >= 15 is 0 Å². The first-order valence-corrected chi connectivity index (χ1v) is 5.43. The lowest BCUT2D eigenvalue weighted by Crippen LogP contribution is -2.30. The average Bonchev–Trinajstić information content (AvgIpc) is 2.28. The van der Waals surface area contributed by atoms with Gasteiger partial charge in [0.25, 0.3) is 0 Å². The minimum absolute atomic E-state index is 0.254. The van der Waals surface area contributed by atoms with Crippen LogP contribution < -0.4 is 10.6 Å². The van der Waals surface area contributed by atoms with Crippen molar-refractivity contribution >= 4 is 11.8 Å². The summed E-state index contributed by atoms with van der Waals surface area (Å²) in [6.45, 7) is 4.96. The molecule has 0 aliphatic rings. The Morgan fingerprint density at radius 2 is 2.19 bits per heavy atom. The molecule has 0 aromatic carbocycles. The molecule has 1 rings (SSSR count). The van der Waals surface area contributed by atoms with E-state index in [2.05, 4.69) is 34.4 Å². The topological polar surface area (TPSA) is 59.1 Å². The Morgan fingerprint density at radius 3 is 2.75 bits per heavy atom. The minimum atomic E-state index is 0.254. The lowest BCUT2D eigenvalue weighted by Gasteiger charge is -2.22. The van der Waals surface area contributed by atoms with Crippen molar-refractivity contribution in [3.05, 3.63) is 12.3 Å². The van der Waals surface area contributed by atoms with Crippen molar-refractivity contribution in [2.45, 2.75) is 19.9 Å². The third-order valence-electron chi connectivity index (χ3n) is 2.36. The van der Waals surface area contributed by atoms with Gasteiger partial charge in [-0.3, -0.25) is 0 Å². The Bertz CT molecular complexity index is 317. The van der Waals surface area contributed by atoms with Gasteiger partial charge in [-0.2, -0.15) is 4.98 Å². The number of rotatable bonds is 6. The highest BCUT2D eigenvalue weighted by Crippen LogP contribution is 2.11. The molecule has 0 saturated carbocycles. The number of nitrogens with one attached hydrogen (secondary N) is 2. The largest absolute Gasteiger partial charge is 0.383 e. The molecule has 0 spiro atoms. The molecule has 5 nitrogen and oxygen atoms in total. The van der Waals surface area contributed by atoms with Crippen LogP contribution in [-0.4, -0.2) is 36.8 Å². The number of methoxy groups -OCH3 is 1. The summed E-state index contributed by atoms with van der Waals surface area (Å²) in [5, 5.41) is 6.25. The molecule has 0 aliphatic carbocycles.